The van der Waals surface area contributed by atoms with Gasteiger partial charge in [-0.1, -0.05) is 22.9 Å². The van der Waals surface area contributed by atoms with Crippen LogP contribution in [0.3, 0.4) is 0 Å². The number of aliphatic carboxylic acids is 1. The zero-order valence-corrected chi connectivity index (χ0v) is 11.3. The molecule has 8 heteroatoms. The summed E-state index contributed by atoms with van der Waals surface area (Å²) >= 11 is 6.00. The summed E-state index contributed by atoms with van der Waals surface area (Å²) in [6.07, 6.45) is 1.26. The fourth-order valence-electron chi connectivity index (χ4n) is 1.53. The molecule has 0 spiro atoms. The maximum Gasteiger partial charge on any atom is 0.325 e. The van der Waals surface area contributed by atoms with E-state index in [1.807, 2.05) is 13.0 Å². The second-order valence-corrected chi connectivity index (χ2v) is 4.54. The number of aryl methyl sites for hydroxylation is 1. The third-order valence-electron chi connectivity index (χ3n) is 2.44. The van der Waals surface area contributed by atoms with Crippen LogP contribution < -0.4 is 5.32 Å². The number of nitrogens with zero attached hydrogens (tertiary/aromatic N) is 3. The number of carbonyl (C=O) groups excluding carboxylic acids is 1. The Morgan fingerprint density at radius 3 is 2.85 bits per heavy atom. The van der Waals surface area contributed by atoms with Gasteiger partial charge in [0.15, 0.2) is 5.69 Å². The van der Waals surface area contributed by atoms with Crippen molar-refractivity contribution in [2.24, 2.45) is 0 Å². The lowest BCUT2D eigenvalue weighted by molar-refractivity contribution is -0.137. The molecule has 104 valence electrons. The first kappa shape index (κ1) is 14.0. The van der Waals surface area contributed by atoms with E-state index in [-0.39, 0.29) is 12.2 Å². The highest BCUT2D eigenvalue weighted by Gasteiger charge is 2.13. The monoisotopic (exact) mass is 294 g/mol. The van der Waals surface area contributed by atoms with Gasteiger partial charge in [-0.2, -0.15) is 0 Å². The average molecular weight is 295 g/mol. The number of carboxylic acids is 1. The number of rotatable bonds is 4. The minimum atomic E-state index is -1.07. The van der Waals surface area contributed by atoms with E-state index in [0.717, 1.165) is 10.2 Å². The number of hydrogen-bond acceptors (Lipinski definition) is 4. The molecular formula is C12H11ClN4O3. The van der Waals surface area contributed by atoms with Crippen LogP contribution in [-0.4, -0.2) is 32.0 Å². The SMILES string of the molecule is Cc1ccc(NC(=O)c2cn(CC(=O)O)nn2)c(Cl)c1. The van der Waals surface area contributed by atoms with E-state index < -0.39 is 11.9 Å². The zero-order chi connectivity index (χ0) is 14.7. The van der Waals surface area contributed by atoms with Crippen LogP contribution in [0.1, 0.15) is 16.1 Å². The standard InChI is InChI=1S/C12H11ClN4O3/c1-7-2-3-9(8(13)4-7)14-12(20)10-5-17(16-15-10)6-11(18)19/h2-5H,6H2,1H3,(H,14,20)(H,18,19). The molecule has 20 heavy (non-hydrogen) atoms. The molecule has 2 rings (SSSR count). The molecule has 1 aromatic carbocycles. The number of benzene rings is 1. The molecule has 1 heterocycles. The summed E-state index contributed by atoms with van der Waals surface area (Å²) < 4.78 is 1.06. The second-order valence-electron chi connectivity index (χ2n) is 4.13. The largest absolute Gasteiger partial charge is 0.480 e. The maximum atomic E-state index is 11.9. The first-order valence-corrected chi connectivity index (χ1v) is 6.03. The number of aromatic nitrogens is 3. The van der Waals surface area contributed by atoms with Crippen LogP contribution in [0.4, 0.5) is 5.69 Å². The Morgan fingerprint density at radius 1 is 1.45 bits per heavy atom. The van der Waals surface area contributed by atoms with Crippen LogP contribution in [0.15, 0.2) is 24.4 Å². The van der Waals surface area contributed by atoms with Gasteiger partial charge in [-0.15, -0.1) is 5.10 Å². The predicted molar refractivity (Wildman–Crippen MR) is 71.8 cm³/mol. The molecule has 0 radical (unpaired) electrons. The molecule has 0 fully saturated rings. The van der Waals surface area contributed by atoms with Crippen molar-refractivity contribution in [3.05, 3.63) is 40.7 Å². The Bertz CT molecular complexity index is 668. The number of anilines is 1. The summed E-state index contributed by atoms with van der Waals surface area (Å²) in [5, 5.41) is 18.8. The highest BCUT2D eigenvalue weighted by Crippen LogP contribution is 2.23. The first-order chi connectivity index (χ1) is 9.45. The molecule has 1 aromatic heterocycles. The highest BCUT2D eigenvalue weighted by atomic mass is 35.5. The van der Waals surface area contributed by atoms with Crippen molar-refractivity contribution in [1.82, 2.24) is 15.0 Å². The van der Waals surface area contributed by atoms with Crippen LogP contribution in [0.25, 0.3) is 0 Å². The highest BCUT2D eigenvalue weighted by molar-refractivity contribution is 6.34. The molecule has 0 aliphatic rings. The van der Waals surface area contributed by atoms with Crippen molar-refractivity contribution in [3.8, 4) is 0 Å². The van der Waals surface area contributed by atoms with Crippen molar-refractivity contribution in [3.63, 3.8) is 0 Å². The fraction of sp³-hybridized carbons (Fsp3) is 0.167. The minimum absolute atomic E-state index is 0.0166. The topological polar surface area (TPSA) is 97.1 Å². The number of carbonyl (C=O) groups is 2. The minimum Gasteiger partial charge on any atom is -0.480 e. The zero-order valence-electron chi connectivity index (χ0n) is 10.5. The second kappa shape index (κ2) is 5.70. The van der Waals surface area contributed by atoms with E-state index in [2.05, 4.69) is 15.6 Å². The van der Waals surface area contributed by atoms with Gasteiger partial charge in [-0.3, -0.25) is 9.59 Å². The van der Waals surface area contributed by atoms with Crippen molar-refractivity contribution < 1.29 is 14.7 Å². The molecule has 2 N–H and O–H groups in total. The molecule has 0 aliphatic heterocycles. The Hall–Kier alpha value is -2.41. The number of carboxylic acid groups (broad SMARTS) is 1. The molecule has 0 saturated carbocycles. The van der Waals surface area contributed by atoms with Gasteiger partial charge in [0.05, 0.1) is 16.9 Å². The van der Waals surface area contributed by atoms with Crippen molar-refractivity contribution in [1.29, 1.82) is 0 Å². The summed E-state index contributed by atoms with van der Waals surface area (Å²) in [6.45, 7) is 1.53. The Balaban J connectivity index is 2.11. The lowest BCUT2D eigenvalue weighted by Crippen LogP contribution is -2.13. The lowest BCUT2D eigenvalue weighted by atomic mass is 10.2. The van der Waals surface area contributed by atoms with E-state index in [9.17, 15) is 9.59 Å². The van der Waals surface area contributed by atoms with Crippen LogP contribution in [0, 0.1) is 6.92 Å². The molecule has 0 aliphatic carbocycles. The smallest absolute Gasteiger partial charge is 0.325 e. The number of hydrogen-bond donors (Lipinski definition) is 2. The number of halogens is 1. The van der Waals surface area contributed by atoms with Crippen LogP contribution in [0.2, 0.25) is 5.02 Å². The van der Waals surface area contributed by atoms with Gasteiger partial charge >= 0.3 is 5.97 Å². The lowest BCUT2D eigenvalue weighted by Gasteiger charge is -2.05. The van der Waals surface area contributed by atoms with E-state index >= 15 is 0 Å². The summed E-state index contributed by atoms with van der Waals surface area (Å²) in [5.41, 5.74) is 1.44. The summed E-state index contributed by atoms with van der Waals surface area (Å²) in [5.74, 6) is -1.57. The molecular weight excluding hydrogens is 284 g/mol. The van der Waals surface area contributed by atoms with Gasteiger partial charge in [0.2, 0.25) is 0 Å². The molecule has 0 atom stereocenters. The van der Waals surface area contributed by atoms with Crippen LogP contribution in [-0.2, 0) is 11.3 Å². The molecule has 0 bridgehead atoms. The van der Waals surface area contributed by atoms with Gasteiger partial charge in [0.25, 0.3) is 5.91 Å². The average Bonchev–Trinajstić information content (AvgIpc) is 2.80. The van der Waals surface area contributed by atoms with Crippen LogP contribution in [0.5, 0.6) is 0 Å². The van der Waals surface area contributed by atoms with Gasteiger partial charge in [0, 0.05) is 0 Å². The summed E-state index contributed by atoms with van der Waals surface area (Å²) in [7, 11) is 0. The Kier molecular flexibility index (Phi) is 3.99. The quantitative estimate of drug-likeness (QED) is 0.892. The third kappa shape index (κ3) is 3.33. The number of amides is 1. The fourth-order valence-corrected chi connectivity index (χ4v) is 1.81. The number of nitrogens with one attached hydrogen (secondary N) is 1. The molecule has 0 saturated heterocycles. The molecule has 1 amide bonds. The van der Waals surface area contributed by atoms with Gasteiger partial charge in [-0.25, -0.2) is 4.68 Å². The van der Waals surface area contributed by atoms with Gasteiger partial charge < -0.3 is 10.4 Å². The molecule has 7 nitrogen and oxygen atoms in total. The van der Waals surface area contributed by atoms with Crippen molar-refractivity contribution in [2.75, 3.05) is 5.32 Å². The van der Waals surface area contributed by atoms with E-state index in [0.29, 0.717) is 10.7 Å². The van der Waals surface area contributed by atoms with E-state index in [1.165, 1.54) is 6.20 Å². The van der Waals surface area contributed by atoms with Crippen molar-refractivity contribution >= 4 is 29.2 Å². The molecule has 0 unspecified atom stereocenters. The normalized spacial score (nSPS) is 10.3. The van der Waals surface area contributed by atoms with Crippen LogP contribution >= 0.6 is 11.6 Å². The van der Waals surface area contributed by atoms with Crippen molar-refractivity contribution in [2.45, 2.75) is 13.5 Å². The van der Waals surface area contributed by atoms with Gasteiger partial charge in [-0.05, 0) is 24.6 Å². The van der Waals surface area contributed by atoms with E-state index in [4.69, 9.17) is 16.7 Å². The summed E-state index contributed by atoms with van der Waals surface area (Å²) in [6, 6.07) is 5.21. The predicted octanol–water partition coefficient (Wildman–Crippen LogP) is 1.58. The Morgan fingerprint density at radius 2 is 2.20 bits per heavy atom. The first-order valence-electron chi connectivity index (χ1n) is 5.65. The summed E-state index contributed by atoms with van der Waals surface area (Å²) in [4.78, 5) is 22.4. The maximum absolute atomic E-state index is 11.9. The Labute approximate surface area is 119 Å². The van der Waals surface area contributed by atoms with Gasteiger partial charge in [0.1, 0.15) is 6.54 Å². The molecule has 2 aromatic rings. The third-order valence-corrected chi connectivity index (χ3v) is 2.75. The van der Waals surface area contributed by atoms with E-state index in [1.54, 1.807) is 12.1 Å².